The van der Waals surface area contributed by atoms with Gasteiger partial charge in [-0.2, -0.15) is 0 Å². The van der Waals surface area contributed by atoms with E-state index in [9.17, 15) is 8.42 Å². The molecule has 0 saturated carbocycles. The Labute approximate surface area is 136 Å². The Morgan fingerprint density at radius 3 is 2.41 bits per heavy atom. The number of pyridine rings is 1. The van der Waals surface area contributed by atoms with Crippen LogP contribution in [0.5, 0.6) is 0 Å². The van der Waals surface area contributed by atoms with Crippen LogP contribution in [0.3, 0.4) is 0 Å². The van der Waals surface area contributed by atoms with E-state index in [1.54, 1.807) is 29.8 Å². The van der Waals surface area contributed by atoms with Crippen LogP contribution >= 0.6 is 11.3 Å². The second-order valence-electron chi connectivity index (χ2n) is 4.93. The highest BCUT2D eigenvalue weighted by atomic mass is 32.2. The van der Waals surface area contributed by atoms with E-state index < -0.39 is 10.0 Å². The van der Waals surface area contributed by atoms with Gasteiger partial charge in [0.15, 0.2) is 0 Å². The second-order valence-corrected chi connectivity index (χ2v) is 7.79. The van der Waals surface area contributed by atoms with Crippen LogP contribution in [0.15, 0.2) is 40.1 Å². The van der Waals surface area contributed by atoms with Gasteiger partial charge >= 0.3 is 0 Å². The minimum Gasteiger partial charge on any atom is -0.357 e. The predicted molar refractivity (Wildman–Crippen MR) is 92.2 cm³/mol. The molecule has 0 aliphatic rings. The highest BCUT2D eigenvalue weighted by molar-refractivity contribution is 7.94. The summed E-state index contributed by atoms with van der Waals surface area (Å²) >= 11 is 1.19. The maximum absolute atomic E-state index is 12.1. The monoisotopic (exact) mass is 339 g/mol. The van der Waals surface area contributed by atoms with Crippen molar-refractivity contribution in [1.82, 2.24) is 4.98 Å². The number of hydrogen-bond donors (Lipinski definition) is 1. The Hall–Kier alpha value is -1.60. The maximum atomic E-state index is 12.1. The Morgan fingerprint density at radius 2 is 1.91 bits per heavy atom. The summed E-state index contributed by atoms with van der Waals surface area (Å²) in [6.07, 6.45) is 3.67. The van der Waals surface area contributed by atoms with Gasteiger partial charge in [0.05, 0.1) is 11.9 Å². The van der Waals surface area contributed by atoms with Crippen LogP contribution in [-0.4, -0.2) is 26.5 Å². The van der Waals surface area contributed by atoms with Crippen LogP contribution in [-0.2, 0) is 10.0 Å². The topological polar surface area (TPSA) is 62.3 Å². The molecule has 0 amide bonds. The van der Waals surface area contributed by atoms with E-state index >= 15 is 0 Å². The summed E-state index contributed by atoms with van der Waals surface area (Å²) in [5.74, 6) is 0.878. The summed E-state index contributed by atoms with van der Waals surface area (Å²) in [4.78, 5) is 6.59. The molecule has 0 bridgehead atoms. The van der Waals surface area contributed by atoms with Gasteiger partial charge in [0, 0.05) is 13.1 Å². The lowest BCUT2D eigenvalue weighted by Gasteiger charge is -2.22. The van der Waals surface area contributed by atoms with Crippen molar-refractivity contribution in [2.75, 3.05) is 22.7 Å². The number of rotatable bonds is 8. The minimum absolute atomic E-state index is 0.301. The average Bonchev–Trinajstić information content (AvgIpc) is 3.03. The summed E-state index contributed by atoms with van der Waals surface area (Å²) in [6, 6.07) is 6.91. The number of nitrogens with one attached hydrogen (secondary N) is 1. The summed E-state index contributed by atoms with van der Waals surface area (Å²) in [7, 11) is -3.51. The van der Waals surface area contributed by atoms with E-state index in [1.165, 1.54) is 11.3 Å². The first-order valence-electron chi connectivity index (χ1n) is 7.34. The third kappa shape index (κ3) is 4.20. The van der Waals surface area contributed by atoms with Crippen molar-refractivity contribution in [3.05, 3.63) is 35.8 Å². The Balaban J connectivity index is 2.12. The van der Waals surface area contributed by atoms with Crippen molar-refractivity contribution < 1.29 is 8.42 Å². The number of nitrogens with zero attached hydrogens (tertiary/aromatic N) is 2. The first-order valence-corrected chi connectivity index (χ1v) is 9.70. The molecular formula is C15H21N3O2S2. The van der Waals surface area contributed by atoms with Crippen LogP contribution in [0.1, 0.15) is 26.7 Å². The molecule has 0 fully saturated rings. The predicted octanol–water partition coefficient (Wildman–Crippen LogP) is 3.57. The lowest BCUT2D eigenvalue weighted by Crippen LogP contribution is -2.25. The average molecular weight is 339 g/mol. The molecular weight excluding hydrogens is 318 g/mol. The minimum atomic E-state index is -3.51. The van der Waals surface area contributed by atoms with E-state index in [-0.39, 0.29) is 0 Å². The lowest BCUT2D eigenvalue weighted by atomic mass is 10.3. The summed E-state index contributed by atoms with van der Waals surface area (Å²) < 4.78 is 27.1. The Kier molecular flexibility index (Phi) is 5.79. The normalized spacial score (nSPS) is 11.4. The van der Waals surface area contributed by atoms with Gasteiger partial charge in [0.2, 0.25) is 0 Å². The van der Waals surface area contributed by atoms with Crippen molar-refractivity contribution in [3.63, 3.8) is 0 Å². The zero-order valence-electron chi connectivity index (χ0n) is 12.8. The van der Waals surface area contributed by atoms with Crippen LogP contribution in [0.25, 0.3) is 0 Å². The standard InChI is InChI=1S/C15H21N3O2S2/c1-3-9-18(10-4-2)14-8-7-13(12-16-14)17-22(19,20)15-6-5-11-21-15/h5-8,11-12,17H,3-4,9-10H2,1-2H3. The molecule has 2 rings (SSSR count). The van der Waals surface area contributed by atoms with Crippen molar-refractivity contribution in [3.8, 4) is 0 Å². The van der Waals surface area contributed by atoms with Gasteiger partial charge in [-0.3, -0.25) is 4.72 Å². The van der Waals surface area contributed by atoms with E-state index in [2.05, 4.69) is 28.5 Å². The molecule has 0 spiro atoms. The van der Waals surface area contributed by atoms with Crippen LogP contribution in [0.2, 0.25) is 0 Å². The third-order valence-corrected chi connectivity index (χ3v) is 5.85. The first kappa shape index (κ1) is 16.8. The molecule has 0 aromatic carbocycles. The number of hydrogen-bond acceptors (Lipinski definition) is 5. The number of sulfonamides is 1. The van der Waals surface area contributed by atoms with E-state index in [4.69, 9.17) is 0 Å². The highest BCUT2D eigenvalue weighted by Gasteiger charge is 2.15. The van der Waals surface area contributed by atoms with Gasteiger partial charge in [0.25, 0.3) is 10.0 Å². The van der Waals surface area contributed by atoms with Crippen molar-refractivity contribution in [1.29, 1.82) is 0 Å². The summed E-state index contributed by atoms with van der Waals surface area (Å²) in [5.41, 5.74) is 0.477. The molecule has 0 aliphatic carbocycles. The van der Waals surface area contributed by atoms with Gasteiger partial charge in [-0.15, -0.1) is 11.3 Å². The van der Waals surface area contributed by atoms with Crippen LogP contribution in [0.4, 0.5) is 11.5 Å². The maximum Gasteiger partial charge on any atom is 0.271 e. The molecule has 2 aromatic heterocycles. The fraction of sp³-hybridized carbons (Fsp3) is 0.400. The van der Waals surface area contributed by atoms with E-state index in [0.717, 1.165) is 31.7 Å². The molecule has 2 heterocycles. The molecule has 0 radical (unpaired) electrons. The third-order valence-electron chi connectivity index (χ3n) is 3.07. The zero-order valence-corrected chi connectivity index (χ0v) is 14.5. The molecule has 0 saturated heterocycles. The smallest absolute Gasteiger partial charge is 0.271 e. The van der Waals surface area contributed by atoms with Crippen molar-refractivity contribution in [2.24, 2.45) is 0 Å². The number of aromatic nitrogens is 1. The highest BCUT2D eigenvalue weighted by Crippen LogP contribution is 2.21. The molecule has 5 nitrogen and oxygen atoms in total. The van der Waals surface area contributed by atoms with Crippen LogP contribution in [0, 0.1) is 0 Å². The van der Waals surface area contributed by atoms with Gasteiger partial charge in [-0.25, -0.2) is 13.4 Å². The van der Waals surface area contributed by atoms with Crippen molar-refractivity contribution >= 4 is 32.9 Å². The van der Waals surface area contributed by atoms with Crippen LogP contribution < -0.4 is 9.62 Å². The molecule has 0 aliphatic heterocycles. The molecule has 0 atom stereocenters. The second kappa shape index (κ2) is 7.60. The first-order chi connectivity index (χ1) is 10.6. The summed E-state index contributed by atoms with van der Waals surface area (Å²) in [6.45, 7) is 6.15. The molecule has 0 unspecified atom stereocenters. The van der Waals surface area contributed by atoms with Gasteiger partial charge < -0.3 is 4.90 Å². The number of anilines is 2. The molecule has 7 heteroatoms. The quantitative estimate of drug-likeness (QED) is 0.798. The fourth-order valence-corrected chi connectivity index (χ4v) is 4.17. The van der Waals surface area contributed by atoms with E-state index in [0.29, 0.717) is 9.90 Å². The fourth-order valence-electron chi connectivity index (χ4n) is 2.14. The van der Waals surface area contributed by atoms with Gasteiger partial charge in [-0.1, -0.05) is 19.9 Å². The van der Waals surface area contributed by atoms with E-state index in [1.807, 2.05) is 6.07 Å². The van der Waals surface area contributed by atoms with Gasteiger partial charge in [0.1, 0.15) is 10.0 Å². The SMILES string of the molecule is CCCN(CCC)c1ccc(NS(=O)(=O)c2cccs2)cn1. The molecule has 1 N–H and O–H groups in total. The number of thiophene rings is 1. The van der Waals surface area contributed by atoms with Gasteiger partial charge in [-0.05, 0) is 36.4 Å². The largest absolute Gasteiger partial charge is 0.357 e. The molecule has 120 valence electrons. The molecule has 2 aromatic rings. The zero-order chi connectivity index (χ0) is 16.0. The summed E-state index contributed by atoms with van der Waals surface area (Å²) in [5, 5.41) is 1.74. The van der Waals surface area contributed by atoms with Crippen molar-refractivity contribution in [2.45, 2.75) is 30.9 Å². The molecule has 22 heavy (non-hydrogen) atoms. The lowest BCUT2D eigenvalue weighted by molar-refractivity contribution is 0.603. The Morgan fingerprint density at radius 1 is 1.18 bits per heavy atom. The Bertz CT molecular complexity index is 661.